The SMILES string of the molecule is Cc1cccc(O[C@@H](C)C(=O)NNC(=O)c2ccc(F)cc2)c1. The van der Waals surface area contributed by atoms with Crippen LogP contribution in [0.1, 0.15) is 22.8 Å². The van der Waals surface area contributed by atoms with Gasteiger partial charge in [0.1, 0.15) is 11.6 Å². The number of carbonyl (C=O) groups is 2. The van der Waals surface area contributed by atoms with Gasteiger partial charge in [-0.05, 0) is 55.8 Å². The van der Waals surface area contributed by atoms with Gasteiger partial charge < -0.3 is 4.74 Å². The fraction of sp³-hybridized carbons (Fsp3) is 0.176. The smallest absolute Gasteiger partial charge is 0.279 e. The Kier molecular flexibility index (Phi) is 5.30. The summed E-state index contributed by atoms with van der Waals surface area (Å²) in [4.78, 5) is 23.7. The zero-order chi connectivity index (χ0) is 16.8. The molecule has 0 aromatic heterocycles. The molecule has 5 nitrogen and oxygen atoms in total. The average Bonchev–Trinajstić information content (AvgIpc) is 2.53. The molecule has 2 amide bonds. The first-order valence-electron chi connectivity index (χ1n) is 7.05. The molecular weight excluding hydrogens is 299 g/mol. The monoisotopic (exact) mass is 316 g/mol. The fourth-order valence-corrected chi connectivity index (χ4v) is 1.84. The van der Waals surface area contributed by atoms with Crippen LogP contribution in [0, 0.1) is 12.7 Å². The van der Waals surface area contributed by atoms with Gasteiger partial charge in [-0.3, -0.25) is 20.4 Å². The Balaban J connectivity index is 1.86. The second kappa shape index (κ2) is 7.40. The van der Waals surface area contributed by atoms with Crippen LogP contribution >= 0.6 is 0 Å². The van der Waals surface area contributed by atoms with E-state index >= 15 is 0 Å². The van der Waals surface area contributed by atoms with E-state index in [4.69, 9.17) is 4.74 Å². The van der Waals surface area contributed by atoms with E-state index in [1.165, 1.54) is 24.3 Å². The molecule has 0 heterocycles. The molecule has 0 aliphatic rings. The Morgan fingerprint density at radius 1 is 1.09 bits per heavy atom. The molecular formula is C17H17FN2O3. The molecule has 0 aliphatic heterocycles. The van der Waals surface area contributed by atoms with Gasteiger partial charge >= 0.3 is 0 Å². The van der Waals surface area contributed by atoms with Crippen molar-refractivity contribution < 1.29 is 18.7 Å². The third kappa shape index (κ3) is 4.81. The Labute approximate surface area is 133 Å². The van der Waals surface area contributed by atoms with E-state index < -0.39 is 23.7 Å². The Morgan fingerprint density at radius 2 is 1.78 bits per heavy atom. The normalized spacial score (nSPS) is 11.4. The number of nitrogens with one attached hydrogen (secondary N) is 2. The first-order valence-corrected chi connectivity index (χ1v) is 7.05. The van der Waals surface area contributed by atoms with Crippen LogP contribution in [0.2, 0.25) is 0 Å². The molecule has 0 radical (unpaired) electrons. The summed E-state index contributed by atoms with van der Waals surface area (Å²) >= 11 is 0. The number of hydrazine groups is 1. The minimum atomic E-state index is -0.787. The van der Waals surface area contributed by atoms with E-state index in [0.717, 1.165) is 5.56 Å². The lowest BCUT2D eigenvalue weighted by Crippen LogP contribution is -2.47. The molecule has 0 bridgehead atoms. The van der Waals surface area contributed by atoms with Gasteiger partial charge in [0.2, 0.25) is 0 Å². The number of benzene rings is 2. The zero-order valence-corrected chi connectivity index (χ0v) is 12.8. The number of ether oxygens (including phenoxy) is 1. The van der Waals surface area contributed by atoms with Crippen molar-refractivity contribution in [2.24, 2.45) is 0 Å². The van der Waals surface area contributed by atoms with Crippen molar-refractivity contribution >= 4 is 11.8 Å². The number of halogens is 1. The summed E-state index contributed by atoms with van der Waals surface area (Å²) in [6.45, 7) is 3.49. The van der Waals surface area contributed by atoms with Crippen LogP contribution in [0.25, 0.3) is 0 Å². The molecule has 0 saturated heterocycles. The quantitative estimate of drug-likeness (QED) is 0.851. The lowest BCUT2D eigenvalue weighted by atomic mass is 10.2. The molecule has 0 aliphatic carbocycles. The molecule has 2 aromatic carbocycles. The van der Waals surface area contributed by atoms with E-state index in [1.807, 2.05) is 19.1 Å². The lowest BCUT2D eigenvalue weighted by molar-refractivity contribution is -0.128. The molecule has 0 saturated carbocycles. The van der Waals surface area contributed by atoms with Crippen molar-refractivity contribution in [1.82, 2.24) is 10.9 Å². The molecule has 1 atom stereocenters. The number of aryl methyl sites for hydroxylation is 1. The van der Waals surface area contributed by atoms with Crippen LogP contribution in [0.3, 0.4) is 0 Å². The second-order valence-corrected chi connectivity index (χ2v) is 5.03. The summed E-state index contributed by atoms with van der Waals surface area (Å²) < 4.78 is 18.3. The largest absolute Gasteiger partial charge is 0.481 e. The molecule has 0 spiro atoms. The maximum absolute atomic E-state index is 12.8. The zero-order valence-electron chi connectivity index (χ0n) is 12.8. The molecule has 6 heteroatoms. The highest BCUT2D eigenvalue weighted by Gasteiger charge is 2.16. The first kappa shape index (κ1) is 16.5. The van der Waals surface area contributed by atoms with Crippen molar-refractivity contribution in [3.8, 4) is 5.75 Å². The highest BCUT2D eigenvalue weighted by Crippen LogP contribution is 2.14. The molecule has 0 unspecified atom stereocenters. The highest BCUT2D eigenvalue weighted by molar-refractivity contribution is 5.95. The number of rotatable bonds is 4. The molecule has 2 rings (SSSR count). The van der Waals surface area contributed by atoms with E-state index in [2.05, 4.69) is 10.9 Å². The van der Waals surface area contributed by atoms with Gasteiger partial charge in [0.05, 0.1) is 0 Å². The van der Waals surface area contributed by atoms with Gasteiger partial charge in [-0.2, -0.15) is 0 Å². The maximum atomic E-state index is 12.8. The first-order chi connectivity index (χ1) is 11.0. The van der Waals surface area contributed by atoms with Crippen LogP contribution in [0.4, 0.5) is 4.39 Å². The third-order valence-corrected chi connectivity index (χ3v) is 3.08. The summed E-state index contributed by atoms with van der Waals surface area (Å²) in [6, 6.07) is 12.3. The van der Waals surface area contributed by atoms with E-state index in [9.17, 15) is 14.0 Å². The van der Waals surface area contributed by atoms with Crippen molar-refractivity contribution in [3.05, 3.63) is 65.5 Å². The van der Waals surface area contributed by atoms with Crippen LogP contribution in [-0.4, -0.2) is 17.9 Å². The second-order valence-electron chi connectivity index (χ2n) is 5.03. The predicted molar refractivity (Wildman–Crippen MR) is 83.3 cm³/mol. The third-order valence-electron chi connectivity index (χ3n) is 3.08. The maximum Gasteiger partial charge on any atom is 0.279 e. The van der Waals surface area contributed by atoms with Crippen LogP contribution in [0.5, 0.6) is 5.75 Å². The average molecular weight is 316 g/mol. The standard InChI is InChI=1S/C17H17FN2O3/c1-11-4-3-5-15(10-11)23-12(2)16(21)19-20-17(22)13-6-8-14(18)9-7-13/h3-10,12H,1-2H3,(H,19,21)(H,20,22)/t12-/m0/s1. The van der Waals surface area contributed by atoms with Gasteiger partial charge in [0.15, 0.2) is 6.10 Å². The minimum Gasteiger partial charge on any atom is -0.481 e. The molecule has 0 fully saturated rings. The van der Waals surface area contributed by atoms with Crippen molar-refractivity contribution in [2.45, 2.75) is 20.0 Å². The fourth-order valence-electron chi connectivity index (χ4n) is 1.84. The Morgan fingerprint density at radius 3 is 2.43 bits per heavy atom. The summed E-state index contributed by atoms with van der Waals surface area (Å²) in [5, 5.41) is 0. The summed E-state index contributed by atoms with van der Waals surface area (Å²) in [5.41, 5.74) is 5.78. The predicted octanol–water partition coefficient (Wildman–Crippen LogP) is 2.36. The Hall–Kier alpha value is -2.89. The van der Waals surface area contributed by atoms with E-state index in [0.29, 0.717) is 5.75 Å². The molecule has 23 heavy (non-hydrogen) atoms. The molecule has 2 aromatic rings. The summed E-state index contributed by atoms with van der Waals surface area (Å²) in [6.07, 6.45) is -0.787. The van der Waals surface area contributed by atoms with E-state index in [1.54, 1.807) is 19.1 Å². The topological polar surface area (TPSA) is 67.4 Å². The summed E-state index contributed by atoms with van der Waals surface area (Å²) in [5.74, 6) is -0.911. The number of amides is 2. The van der Waals surface area contributed by atoms with Gasteiger partial charge in [-0.25, -0.2) is 4.39 Å². The molecule has 2 N–H and O–H groups in total. The number of hydrogen-bond acceptors (Lipinski definition) is 3. The van der Waals surface area contributed by atoms with Gasteiger partial charge in [-0.15, -0.1) is 0 Å². The van der Waals surface area contributed by atoms with Crippen molar-refractivity contribution in [2.75, 3.05) is 0 Å². The number of hydrogen-bond donors (Lipinski definition) is 2. The van der Waals surface area contributed by atoms with Gasteiger partial charge in [0.25, 0.3) is 11.8 Å². The van der Waals surface area contributed by atoms with Crippen LogP contribution in [0.15, 0.2) is 48.5 Å². The van der Waals surface area contributed by atoms with Gasteiger partial charge in [0, 0.05) is 5.56 Å². The van der Waals surface area contributed by atoms with E-state index in [-0.39, 0.29) is 5.56 Å². The Bertz CT molecular complexity index is 701. The van der Waals surface area contributed by atoms with Crippen LogP contribution in [-0.2, 0) is 4.79 Å². The minimum absolute atomic E-state index is 0.235. The highest BCUT2D eigenvalue weighted by atomic mass is 19.1. The van der Waals surface area contributed by atoms with Crippen molar-refractivity contribution in [3.63, 3.8) is 0 Å². The van der Waals surface area contributed by atoms with Gasteiger partial charge in [-0.1, -0.05) is 12.1 Å². The van der Waals surface area contributed by atoms with Crippen LogP contribution < -0.4 is 15.6 Å². The number of carbonyl (C=O) groups excluding carboxylic acids is 2. The summed E-state index contributed by atoms with van der Waals surface area (Å²) in [7, 11) is 0. The molecule has 120 valence electrons. The van der Waals surface area contributed by atoms with Crippen molar-refractivity contribution in [1.29, 1.82) is 0 Å². The lowest BCUT2D eigenvalue weighted by Gasteiger charge is -2.15.